The summed E-state index contributed by atoms with van der Waals surface area (Å²) in [5.74, 6) is -0.951. The quantitative estimate of drug-likeness (QED) is 0.779. The van der Waals surface area contributed by atoms with Crippen LogP contribution >= 0.6 is 0 Å². The molecular formula is C10H13NO3. The zero-order valence-electron chi connectivity index (χ0n) is 8.23. The lowest BCUT2D eigenvalue weighted by molar-refractivity contribution is -0.148. The van der Waals surface area contributed by atoms with Gasteiger partial charge in [-0.1, -0.05) is 6.07 Å². The van der Waals surface area contributed by atoms with Crippen LogP contribution < -0.4 is 0 Å². The second-order valence-electron chi connectivity index (χ2n) is 3.07. The summed E-state index contributed by atoms with van der Waals surface area (Å²) < 4.78 is 4.82. The largest absolute Gasteiger partial charge is 0.479 e. The van der Waals surface area contributed by atoms with Gasteiger partial charge < -0.3 is 9.84 Å². The molecule has 76 valence electrons. The van der Waals surface area contributed by atoms with Crippen molar-refractivity contribution in [3.8, 4) is 0 Å². The van der Waals surface area contributed by atoms with Gasteiger partial charge in [0.05, 0.1) is 0 Å². The standard InChI is InChI=1S/C10H13NO3/c1-7-3-4-8(6-11-7)5-9(14-2)10(12)13/h3-4,6,9H,5H2,1-2H3,(H,12,13). The minimum Gasteiger partial charge on any atom is -0.479 e. The van der Waals surface area contributed by atoms with Crippen LogP contribution in [-0.4, -0.2) is 29.3 Å². The smallest absolute Gasteiger partial charge is 0.333 e. The Morgan fingerprint density at radius 2 is 2.36 bits per heavy atom. The van der Waals surface area contributed by atoms with Crippen LogP contribution in [0, 0.1) is 6.92 Å². The van der Waals surface area contributed by atoms with Crippen molar-refractivity contribution in [2.45, 2.75) is 19.4 Å². The first-order valence-corrected chi connectivity index (χ1v) is 4.30. The Bertz CT molecular complexity index is 308. The number of aliphatic carboxylic acids is 1. The third kappa shape index (κ3) is 2.81. The van der Waals surface area contributed by atoms with E-state index in [2.05, 4.69) is 4.98 Å². The summed E-state index contributed by atoms with van der Waals surface area (Å²) >= 11 is 0. The number of hydrogen-bond acceptors (Lipinski definition) is 3. The molecule has 4 heteroatoms. The number of carboxylic acids is 1. The van der Waals surface area contributed by atoms with Gasteiger partial charge >= 0.3 is 5.97 Å². The van der Waals surface area contributed by atoms with E-state index in [9.17, 15) is 4.79 Å². The van der Waals surface area contributed by atoms with Crippen molar-refractivity contribution in [1.82, 2.24) is 4.98 Å². The van der Waals surface area contributed by atoms with E-state index in [0.29, 0.717) is 6.42 Å². The van der Waals surface area contributed by atoms with Crippen LogP contribution in [0.3, 0.4) is 0 Å². The van der Waals surface area contributed by atoms with Crippen molar-refractivity contribution in [1.29, 1.82) is 0 Å². The highest BCUT2D eigenvalue weighted by Gasteiger charge is 2.16. The van der Waals surface area contributed by atoms with Crippen molar-refractivity contribution in [2.75, 3.05) is 7.11 Å². The summed E-state index contributed by atoms with van der Waals surface area (Å²) in [6.45, 7) is 1.88. The molecule has 0 aliphatic rings. The average Bonchev–Trinajstić information content (AvgIpc) is 2.16. The van der Waals surface area contributed by atoms with E-state index in [0.717, 1.165) is 11.3 Å². The van der Waals surface area contributed by atoms with E-state index in [-0.39, 0.29) is 0 Å². The Morgan fingerprint density at radius 3 is 2.79 bits per heavy atom. The van der Waals surface area contributed by atoms with Crippen LogP contribution in [0.15, 0.2) is 18.3 Å². The van der Waals surface area contributed by atoms with Gasteiger partial charge in [-0.15, -0.1) is 0 Å². The fraction of sp³-hybridized carbons (Fsp3) is 0.400. The van der Waals surface area contributed by atoms with Gasteiger partial charge in [-0.05, 0) is 18.6 Å². The number of aromatic nitrogens is 1. The van der Waals surface area contributed by atoms with Crippen LogP contribution in [-0.2, 0) is 16.0 Å². The van der Waals surface area contributed by atoms with E-state index in [1.165, 1.54) is 7.11 Å². The number of carbonyl (C=O) groups is 1. The SMILES string of the molecule is COC(Cc1ccc(C)nc1)C(=O)O. The molecule has 1 aromatic rings. The van der Waals surface area contributed by atoms with Crippen molar-refractivity contribution in [3.63, 3.8) is 0 Å². The highest BCUT2D eigenvalue weighted by Crippen LogP contribution is 2.05. The van der Waals surface area contributed by atoms with Gasteiger partial charge in [0.15, 0.2) is 6.10 Å². The molecule has 1 unspecified atom stereocenters. The summed E-state index contributed by atoms with van der Waals surface area (Å²) in [6.07, 6.45) is 1.23. The molecule has 4 nitrogen and oxygen atoms in total. The Kier molecular flexibility index (Phi) is 3.59. The summed E-state index contributed by atoms with van der Waals surface area (Å²) in [5, 5.41) is 8.74. The highest BCUT2D eigenvalue weighted by molar-refractivity contribution is 5.72. The topological polar surface area (TPSA) is 59.4 Å². The third-order valence-corrected chi connectivity index (χ3v) is 1.95. The predicted octanol–water partition coefficient (Wildman–Crippen LogP) is 1.03. The summed E-state index contributed by atoms with van der Waals surface area (Å²) in [4.78, 5) is 14.7. The molecule has 0 aromatic carbocycles. The lowest BCUT2D eigenvalue weighted by Gasteiger charge is -2.09. The molecule has 0 saturated carbocycles. The van der Waals surface area contributed by atoms with E-state index >= 15 is 0 Å². The first-order chi connectivity index (χ1) is 6.63. The molecule has 0 radical (unpaired) electrons. The minimum absolute atomic E-state index is 0.346. The lowest BCUT2D eigenvalue weighted by atomic mass is 10.1. The molecule has 0 bridgehead atoms. The first-order valence-electron chi connectivity index (χ1n) is 4.30. The normalized spacial score (nSPS) is 12.4. The summed E-state index contributed by atoms with van der Waals surface area (Å²) in [7, 11) is 1.39. The number of aryl methyl sites for hydroxylation is 1. The van der Waals surface area contributed by atoms with Gasteiger partial charge in [0.2, 0.25) is 0 Å². The number of hydrogen-bond donors (Lipinski definition) is 1. The van der Waals surface area contributed by atoms with Crippen LogP contribution in [0.1, 0.15) is 11.3 Å². The molecule has 1 aromatic heterocycles. The first kappa shape index (κ1) is 10.7. The molecule has 0 amide bonds. The van der Waals surface area contributed by atoms with Crippen molar-refractivity contribution in [2.24, 2.45) is 0 Å². The predicted molar refractivity (Wildman–Crippen MR) is 51.1 cm³/mol. The average molecular weight is 195 g/mol. The number of carboxylic acid groups (broad SMARTS) is 1. The molecule has 0 spiro atoms. The number of rotatable bonds is 4. The van der Waals surface area contributed by atoms with Crippen LogP contribution in [0.5, 0.6) is 0 Å². The van der Waals surface area contributed by atoms with E-state index < -0.39 is 12.1 Å². The monoisotopic (exact) mass is 195 g/mol. The van der Waals surface area contributed by atoms with Crippen molar-refractivity contribution in [3.05, 3.63) is 29.6 Å². The van der Waals surface area contributed by atoms with Gasteiger partial charge in [0.25, 0.3) is 0 Å². The van der Waals surface area contributed by atoms with Crippen LogP contribution in [0.4, 0.5) is 0 Å². The molecule has 0 aliphatic carbocycles. The van der Waals surface area contributed by atoms with E-state index in [1.807, 2.05) is 19.1 Å². The number of pyridine rings is 1. The van der Waals surface area contributed by atoms with Crippen LogP contribution in [0.2, 0.25) is 0 Å². The molecule has 0 aliphatic heterocycles. The van der Waals surface area contributed by atoms with Gasteiger partial charge in [-0.2, -0.15) is 0 Å². The van der Waals surface area contributed by atoms with Gasteiger partial charge in [0.1, 0.15) is 0 Å². The third-order valence-electron chi connectivity index (χ3n) is 1.95. The summed E-state index contributed by atoms with van der Waals surface area (Å²) in [6, 6.07) is 3.71. The molecule has 1 N–H and O–H groups in total. The fourth-order valence-corrected chi connectivity index (χ4v) is 1.10. The second kappa shape index (κ2) is 4.72. The van der Waals surface area contributed by atoms with Crippen LogP contribution in [0.25, 0.3) is 0 Å². The Balaban J connectivity index is 2.67. The number of ether oxygens (including phenoxy) is 1. The van der Waals surface area contributed by atoms with Gasteiger partial charge in [-0.3, -0.25) is 4.98 Å². The molecule has 1 rings (SSSR count). The zero-order chi connectivity index (χ0) is 10.6. The second-order valence-corrected chi connectivity index (χ2v) is 3.07. The van der Waals surface area contributed by atoms with Gasteiger partial charge in [-0.25, -0.2) is 4.79 Å². The molecule has 1 heterocycles. The molecule has 14 heavy (non-hydrogen) atoms. The maximum absolute atomic E-state index is 10.7. The van der Waals surface area contributed by atoms with Crippen molar-refractivity contribution >= 4 is 5.97 Å². The Labute approximate surface area is 82.5 Å². The maximum atomic E-state index is 10.7. The lowest BCUT2D eigenvalue weighted by Crippen LogP contribution is -2.24. The highest BCUT2D eigenvalue weighted by atomic mass is 16.5. The van der Waals surface area contributed by atoms with E-state index in [4.69, 9.17) is 9.84 Å². The Hall–Kier alpha value is -1.42. The number of nitrogens with zero attached hydrogens (tertiary/aromatic N) is 1. The fourth-order valence-electron chi connectivity index (χ4n) is 1.10. The Morgan fingerprint density at radius 1 is 1.64 bits per heavy atom. The zero-order valence-corrected chi connectivity index (χ0v) is 8.23. The van der Waals surface area contributed by atoms with E-state index in [1.54, 1.807) is 6.20 Å². The minimum atomic E-state index is -0.951. The maximum Gasteiger partial charge on any atom is 0.333 e. The van der Waals surface area contributed by atoms with Crippen molar-refractivity contribution < 1.29 is 14.6 Å². The molecule has 1 atom stereocenters. The number of methoxy groups -OCH3 is 1. The molecular weight excluding hydrogens is 182 g/mol. The molecule has 0 saturated heterocycles. The molecule has 0 fully saturated rings. The van der Waals surface area contributed by atoms with Gasteiger partial charge in [0, 0.05) is 25.4 Å². The summed E-state index contributed by atoms with van der Waals surface area (Å²) in [5.41, 5.74) is 1.78.